The van der Waals surface area contributed by atoms with Gasteiger partial charge >= 0.3 is 5.97 Å². The number of amides is 1. The molecule has 0 saturated heterocycles. The van der Waals surface area contributed by atoms with Crippen molar-refractivity contribution in [2.45, 2.75) is 29.7 Å². The Morgan fingerprint density at radius 1 is 1.12 bits per heavy atom. The third-order valence-corrected chi connectivity index (χ3v) is 6.47. The Morgan fingerprint density at radius 2 is 1.60 bits per heavy atom. The summed E-state index contributed by atoms with van der Waals surface area (Å²) in [7, 11) is -7.69. The molecule has 0 saturated carbocycles. The van der Waals surface area contributed by atoms with Gasteiger partial charge in [-0.25, -0.2) is 16.8 Å². The first kappa shape index (κ1) is 21.1. The monoisotopic (exact) mass is 392 g/mol. The lowest BCUT2D eigenvalue weighted by atomic mass is 10.3. The van der Waals surface area contributed by atoms with Crippen LogP contribution in [-0.4, -0.2) is 63.5 Å². The summed E-state index contributed by atoms with van der Waals surface area (Å²) in [6.07, 6.45) is 0.989. The lowest BCUT2D eigenvalue weighted by molar-refractivity contribution is -0.140. The van der Waals surface area contributed by atoms with E-state index in [4.69, 9.17) is 5.11 Å². The Kier molecular flexibility index (Phi) is 6.68. The summed E-state index contributed by atoms with van der Waals surface area (Å²) in [6.45, 7) is 2.15. The molecule has 2 N–H and O–H groups in total. The molecule has 9 nitrogen and oxygen atoms in total. The van der Waals surface area contributed by atoms with E-state index in [9.17, 15) is 26.4 Å². The minimum Gasteiger partial charge on any atom is -0.480 e. The molecular weight excluding hydrogens is 372 g/mol. The van der Waals surface area contributed by atoms with Crippen LogP contribution < -0.4 is 5.32 Å². The maximum atomic E-state index is 12.7. The number of hydrogen-bond acceptors (Lipinski definition) is 6. The fourth-order valence-corrected chi connectivity index (χ4v) is 4.20. The number of carbonyl (C=O) groups excluding carboxylic acids is 1. The smallest absolute Gasteiger partial charge is 0.321 e. The number of nitrogens with one attached hydrogen (secondary N) is 1. The van der Waals surface area contributed by atoms with E-state index in [1.165, 1.54) is 13.8 Å². The number of carboxylic acids is 1. The van der Waals surface area contributed by atoms with Crippen LogP contribution in [0.3, 0.4) is 0 Å². The van der Waals surface area contributed by atoms with Crippen LogP contribution in [0.5, 0.6) is 0 Å². The van der Waals surface area contributed by atoms with Gasteiger partial charge in [-0.15, -0.1) is 0 Å². The average Bonchev–Trinajstić information content (AvgIpc) is 2.49. The van der Waals surface area contributed by atoms with E-state index in [-0.39, 0.29) is 28.8 Å². The Morgan fingerprint density at radius 3 is 2.00 bits per heavy atom. The van der Waals surface area contributed by atoms with Gasteiger partial charge in [0.15, 0.2) is 9.84 Å². The Labute approximate surface area is 146 Å². The molecule has 1 aromatic carbocycles. The van der Waals surface area contributed by atoms with Gasteiger partial charge in [0, 0.05) is 26.3 Å². The highest BCUT2D eigenvalue weighted by atomic mass is 32.2. The number of nitrogens with zero attached hydrogens (tertiary/aromatic N) is 1. The number of sulfonamides is 1. The number of benzene rings is 1. The van der Waals surface area contributed by atoms with E-state index in [0.29, 0.717) is 0 Å². The second kappa shape index (κ2) is 7.93. The van der Waals surface area contributed by atoms with Crippen molar-refractivity contribution in [1.29, 1.82) is 0 Å². The minimum absolute atomic E-state index is 0.0532. The third-order valence-electron chi connectivity index (χ3n) is 3.35. The predicted octanol–water partition coefficient (Wildman–Crippen LogP) is -0.310. The molecule has 140 valence electrons. The summed E-state index contributed by atoms with van der Waals surface area (Å²) in [5, 5.41) is 11.6. The highest BCUT2D eigenvalue weighted by Crippen LogP contribution is 2.20. The zero-order valence-corrected chi connectivity index (χ0v) is 15.6. The van der Waals surface area contributed by atoms with Crippen LogP contribution in [0.1, 0.15) is 13.8 Å². The third kappa shape index (κ3) is 5.51. The maximum absolute atomic E-state index is 12.7. The number of rotatable bonds is 8. The van der Waals surface area contributed by atoms with E-state index >= 15 is 0 Å². The molecule has 0 aliphatic rings. The molecular formula is C14H20N2O7S2. The molecule has 0 bridgehead atoms. The molecule has 1 atom stereocenters. The van der Waals surface area contributed by atoms with Gasteiger partial charge in [0.1, 0.15) is 6.04 Å². The SMILES string of the molecule is CC(=O)NCCN(C(C)C(=O)O)S(=O)(=O)c1ccc(S(C)(=O)=O)cc1. The van der Waals surface area contributed by atoms with Crippen LogP contribution in [0, 0.1) is 0 Å². The lowest BCUT2D eigenvalue weighted by Crippen LogP contribution is -2.46. The normalized spacial score (nSPS) is 13.4. The number of carbonyl (C=O) groups is 2. The van der Waals surface area contributed by atoms with Gasteiger partial charge < -0.3 is 10.4 Å². The van der Waals surface area contributed by atoms with Gasteiger partial charge in [-0.3, -0.25) is 9.59 Å². The van der Waals surface area contributed by atoms with Crippen molar-refractivity contribution in [3.8, 4) is 0 Å². The second-order valence-electron chi connectivity index (χ2n) is 5.36. The maximum Gasteiger partial charge on any atom is 0.321 e. The van der Waals surface area contributed by atoms with E-state index < -0.39 is 31.9 Å². The van der Waals surface area contributed by atoms with Crippen LogP contribution in [-0.2, 0) is 29.4 Å². The van der Waals surface area contributed by atoms with Gasteiger partial charge in [-0.2, -0.15) is 4.31 Å². The van der Waals surface area contributed by atoms with Gasteiger partial charge in [0.05, 0.1) is 9.79 Å². The van der Waals surface area contributed by atoms with E-state index in [1.807, 2.05) is 0 Å². The summed E-state index contributed by atoms with van der Waals surface area (Å²) in [4.78, 5) is 21.9. The van der Waals surface area contributed by atoms with Gasteiger partial charge in [-0.05, 0) is 31.2 Å². The fraction of sp³-hybridized carbons (Fsp3) is 0.429. The second-order valence-corrected chi connectivity index (χ2v) is 9.26. The first-order chi connectivity index (χ1) is 11.4. The lowest BCUT2D eigenvalue weighted by Gasteiger charge is -2.25. The van der Waals surface area contributed by atoms with E-state index in [0.717, 1.165) is 34.8 Å². The molecule has 1 aromatic rings. The quantitative estimate of drug-likeness (QED) is 0.619. The molecule has 0 radical (unpaired) electrons. The highest BCUT2D eigenvalue weighted by molar-refractivity contribution is 7.90. The summed E-state index contributed by atoms with van der Waals surface area (Å²) in [5.41, 5.74) is 0. The van der Waals surface area contributed by atoms with Crippen LogP contribution in [0.2, 0.25) is 0 Å². The summed E-state index contributed by atoms with van der Waals surface area (Å²) in [5.74, 6) is -1.73. The van der Waals surface area contributed by atoms with Crippen molar-refractivity contribution in [2.24, 2.45) is 0 Å². The van der Waals surface area contributed by atoms with Gasteiger partial charge in [-0.1, -0.05) is 0 Å². The molecule has 1 amide bonds. The van der Waals surface area contributed by atoms with Crippen molar-refractivity contribution in [2.75, 3.05) is 19.3 Å². The van der Waals surface area contributed by atoms with Gasteiger partial charge in [0.25, 0.3) is 0 Å². The molecule has 11 heteroatoms. The molecule has 0 aliphatic heterocycles. The van der Waals surface area contributed by atoms with Crippen LogP contribution >= 0.6 is 0 Å². The first-order valence-electron chi connectivity index (χ1n) is 7.16. The predicted molar refractivity (Wildman–Crippen MR) is 89.2 cm³/mol. The minimum atomic E-state index is -4.20. The van der Waals surface area contributed by atoms with Crippen molar-refractivity contribution < 1.29 is 31.5 Å². The summed E-state index contributed by atoms with van der Waals surface area (Å²) < 4.78 is 49.1. The number of hydrogen-bond donors (Lipinski definition) is 2. The van der Waals surface area contributed by atoms with Crippen molar-refractivity contribution in [3.05, 3.63) is 24.3 Å². The molecule has 0 fully saturated rings. The summed E-state index contributed by atoms with van der Waals surface area (Å²) >= 11 is 0. The Hall–Kier alpha value is -1.98. The highest BCUT2D eigenvalue weighted by Gasteiger charge is 2.32. The van der Waals surface area contributed by atoms with Crippen molar-refractivity contribution in [3.63, 3.8) is 0 Å². The largest absolute Gasteiger partial charge is 0.480 e. The first-order valence-corrected chi connectivity index (χ1v) is 10.5. The molecule has 1 rings (SSSR count). The molecule has 0 spiro atoms. The average molecular weight is 392 g/mol. The standard InChI is InChI=1S/C14H20N2O7S2/c1-10(14(18)19)16(9-8-15-11(2)17)25(22,23)13-6-4-12(5-7-13)24(3,20)21/h4-7,10H,8-9H2,1-3H3,(H,15,17)(H,18,19). The zero-order valence-electron chi connectivity index (χ0n) is 14.0. The Bertz CT molecular complexity index is 846. The fourth-order valence-electron chi connectivity index (χ4n) is 1.98. The van der Waals surface area contributed by atoms with Crippen LogP contribution in [0.4, 0.5) is 0 Å². The summed E-state index contributed by atoms with van der Waals surface area (Å²) in [6, 6.07) is 3.12. The Balaban J connectivity index is 3.21. The van der Waals surface area contributed by atoms with Gasteiger partial charge in [0.2, 0.25) is 15.9 Å². The number of sulfone groups is 1. The molecule has 1 unspecified atom stereocenters. The molecule has 25 heavy (non-hydrogen) atoms. The van der Waals surface area contributed by atoms with Crippen LogP contribution in [0.25, 0.3) is 0 Å². The number of carboxylic acid groups (broad SMARTS) is 1. The zero-order chi connectivity index (χ0) is 19.4. The number of aliphatic carboxylic acids is 1. The van der Waals surface area contributed by atoms with E-state index in [1.54, 1.807) is 0 Å². The molecule has 0 aromatic heterocycles. The van der Waals surface area contributed by atoms with Crippen LogP contribution in [0.15, 0.2) is 34.1 Å². The molecule has 0 aliphatic carbocycles. The van der Waals surface area contributed by atoms with E-state index in [2.05, 4.69) is 5.32 Å². The van der Waals surface area contributed by atoms with Crippen molar-refractivity contribution in [1.82, 2.24) is 9.62 Å². The topological polar surface area (TPSA) is 138 Å². The van der Waals surface area contributed by atoms with Crippen molar-refractivity contribution >= 4 is 31.7 Å². The molecule has 0 heterocycles.